The third kappa shape index (κ3) is 4.92. The van der Waals surface area contributed by atoms with E-state index in [9.17, 15) is 0 Å². The summed E-state index contributed by atoms with van der Waals surface area (Å²) in [7, 11) is 4.29. The van der Waals surface area contributed by atoms with E-state index in [1.54, 1.807) is 0 Å². The highest BCUT2D eigenvalue weighted by atomic mass is 32.2. The summed E-state index contributed by atoms with van der Waals surface area (Å²) in [4.78, 5) is 4.91. The second-order valence-electron chi connectivity index (χ2n) is 7.00. The van der Waals surface area contributed by atoms with Gasteiger partial charge in [0.1, 0.15) is 0 Å². The molecule has 0 amide bonds. The first-order valence-corrected chi connectivity index (χ1v) is 8.68. The van der Waals surface area contributed by atoms with Crippen molar-refractivity contribution >= 4 is 11.8 Å². The minimum atomic E-state index is 0.216. The number of thioether (sulfide) groups is 1. The van der Waals surface area contributed by atoms with Gasteiger partial charge in [-0.2, -0.15) is 11.8 Å². The van der Waals surface area contributed by atoms with E-state index in [1.165, 1.54) is 30.9 Å². The molecule has 19 heavy (non-hydrogen) atoms. The Morgan fingerprint density at radius 1 is 1.16 bits per heavy atom. The molecule has 1 fully saturated rings. The van der Waals surface area contributed by atoms with E-state index < -0.39 is 0 Å². The van der Waals surface area contributed by atoms with E-state index in [2.05, 4.69) is 56.4 Å². The van der Waals surface area contributed by atoms with Crippen LogP contribution in [0.25, 0.3) is 0 Å². The largest absolute Gasteiger partial charge is 0.329 e. The topological polar surface area (TPSA) is 32.5 Å². The second kappa shape index (κ2) is 7.30. The summed E-state index contributed by atoms with van der Waals surface area (Å²) < 4.78 is 0. The van der Waals surface area contributed by atoms with Crippen molar-refractivity contribution in [1.29, 1.82) is 0 Å². The van der Waals surface area contributed by atoms with Gasteiger partial charge in [-0.05, 0) is 57.7 Å². The maximum absolute atomic E-state index is 6.20. The van der Waals surface area contributed by atoms with Gasteiger partial charge in [-0.15, -0.1) is 0 Å². The van der Waals surface area contributed by atoms with Crippen molar-refractivity contribution in [2.45, 2.75) is 39.2 Å². The normalized spacial score (nSPS) is 27.2. The summed E-state index contributed by atoms with van der Waals surface area (Å²) in [5.41, 5.74) is 6.83. The number of hydrogen-bond donors (Lipinski definition) is 1. The van der Waals surface area contributed by atoms with Crippen LogP contribution >= 0.6 is 11.8 Å². The molecule has 0 saturated carbocycles. The van der Waals surface area contributed by atoms with E-state index in [4.69, 9.17) is 5.73 Å². The molecule has 1 aliphatic heterocycles. The van der Waals surface area contributed by atoms with Crippen molar-refractivity contribution in [1.82, 2.24) is 9.80 Å². The van der Waals surface area contributed by atoms with Crippen LogP contribution in [-0.2, 0) is 0 Å². The van der Waals surface area contributed by atoms with Crippen molar-refractivity contribution < 1.29 is 0 Å². The Morgan fingerprint density at radius 2 is 1.84 bits per heavy atom. The summed E-state index contributed by atoms with van der Waals surface area (Å²) in [6.45, 7) is 11.3. The van der Waals surface area contributed by atoms with Crippen LogP contribution in [0, 0.1) is 5.41 Å². The molecule has 1 aliphatic rings. The average Bonchev–Trinajstić information content (AvgIpc) is 2.32. The smallest absolute Gasteiger partial charge is 0.0427 e. The molecular weight excluding hydrogens is 254 g/mol. The van der Waals surface area contributed by atoms with E-state index in [-0.39, 0.29) is 5.54 Å². The van der Waals surface area contributed by atoms with Crippen molar-refractivity contribution in [2.24, 2.45) is 11.1 Å². The standard InChI is InChI=1S/C15H33N3S/c1-6-18(9-7-8-17(4)5)15(11-16)10-14(2,3)12-19-13-15/h6-13,16H2,1-5H3. The number of rotatable bonds is 7. The molecule has 1 unspecified atom stereocenters. The molecule has 4 heteroatoms. The van der Waals surface area contributed by atoms with Crippen LogP contribution in [0.4, 0.5) is 0 Å². The summed E-state index contributed by atoms with van der Waals surface area (Å²) >= 11 is 2.08. The Hall–Kier alpha value is 0.230. The lowest BCUT2D eigenvalue weighted by molar-refractivity contribution is 0.0703. The van der Waals surface area contributed by atoms with Crippen molar-refractivity contribution in [3.8, 4) is 0 Å². The molecule has 0 spiro atoms. The fraction of sp³-hybridized carbons (Fsp3) is 1.00. The highest BCUT2D eigenvalue weighted by Crippen LogP contribution is 2.41. The molecule has 3 nitrogen and oxygen atoms in total. The van der Waals surface area contributed by atoms with Crippen LogP contribution in [0.1, 0.15) is 33.6 Å². The van der Waals surface area contributed by atoms with Crippen LogP contribution in [0.2, 0.25) is 0 Å². The minimum absolute atomic E-state index is 0.216. The first kappa shape index (κ1) is 17.3. The maximum atomic E-state index is 6.20. The van der Waals surface area contributed by atoms with Gasteiger partial charge in [-0.25, -0.2) is 0 Å². The fourth-order valence-electron chi connectivity index (χ4n) is 3.28. The van der Waals surface area contributed by atoms with Gasteiger partial charge in [0.05, 0.1) is 0 Å². The lowest BCUT2D eigenvalue weighted by atomic mass is 9.78. The van der Waals surface area contributed by atoms with Crippen LogP contribution in [0.3, 0.4) is 0 Å². The van der Waals surface area contributed by atoms with Crippen LogP contribution < -0.4 is 5.73 Å². The monoisotopic (exact) mass is 287 g/mol. The zero-order valence-corrected chi connectivity index (χ0v) is 14.4. The quantitative estimate of drug-likeness (QED) is 0.777. The molecule has 0 radical (unpaired) electrons. The summed E-state index contributed by atoms with van der Waals surface area (Å²) in [6.07, 6.45) is 2.47. The molecular formula is C15H33N3S. The van der Waals surface area contributed by atoms with Gasteiger partial charge in [0.25, 0.3) is 0 Å². The van der Waals surface area contributed by atoms with Gasteiger partial charge in [-0.1, -0.05) is 20.8 Å². The van der Waals surface area contributed by atoms with Gasteiger partial charge in [0, 0.05) is 17.8 Å². The molecule has 0 aromatic carbocycles. The van der Waals surface area contributed by atoms with Gasteiger partial charge in [0.2, 0.25) is 0 Å². The third-order valence-electron chi connectivity index (χ3n) is 4.14. The molecule has 0 aromatic heterocycles. The van der Waals surface area contributed by atoms with E-state index in [0.717, 1.165) is 19.6 Å². The van der Waals surface area contributed by atoms with E-state index in [1.807, 2.05) is 0 Å². The Kier molecular flexibility index (Phi) is 6.64. The molecule has 114 valence electrons. The second-order valence-corrected chi connectivity index (χ2v) is 7.98. The molecule has 1 saturated heterocycles. The van der Waals surface area contributed by atoms with Crippen molar-refractivity contribution in [2.75, 3.05) is 51.8 Å². The SMILES string of the molecule is CCN(CCCN(C)C)C1(CN)CSCC(C)(C)C1. The summed E-state index contributed by atoms with van der Waals surface area (Å²) in [6, 6.07) is 0. The molecule has 0 aromatic rings. The Bertz CT molecular complexity index is 268. The third-order valence-corrected chi connectivity index (χ3v) is 5.86. The number of nitrogens with two attached hydrogens (primary N) is 1. The highest BCUT2D eigenvalue weighted by Gasteiger charge is 2.42. The lowest BCUT2D eigenvalue weighted by Gasteiger charge is -2.50. The first-order valence-electron chi connectivity index (χ1n) is 7.53. The number of hydrogen-bond acceptors (Lipinski definition) is 4. The molecule has 1 heterocycles. The fourth-order valence-corrected chi connectivity index (χ4v) is 4.82. The molecule has 2 N–H and O–H groups in total. The molecule has 1 atom stereocenters. The van der Waals surface area contributed by atoms with Gasteiger partial charge in [-0.3, -0.25) is 4.90 Å². The predicted octanol–water partition coefficient (Wildman–Crippen LogP) is 2.12. The molecule has 0 aliphatic carbocycles. The van der Waals surface area contributed by atoms with Crippen LogP contribution in [0.5, 0.6) is 0 Å². The van der Waals surface area contributed by atoms with Gasteiger partial charge in [0.15, 0.2) is 0 Å². The van der Waals surface area contributed by atoms with Crippen molar-refractivity contribution in [3.05, 3.63) is 0 Å². The first-order chi connectivity index (χ1) is 8.85. The Labute approximate surface area is 124 Å². The number of nitrogens with zero attached hydrogens (tertiary/aromatic N) is 2. The molecule has 0 bridgehead atoms. The summed E-state index contributed by atoms with van der Waals surface area (Å²) in [5.74, 6) is 2.47. The zero-order valence-electron chi connectivity index (χ0n) is 13.5. The van der Waals surface area contributed by atoms with Crippen molar-refractivity contribution in [3.63, 3.8) is 0 Å². The Morgan fingerprint density at radius 3 is 2.32 bits per heavy atom. The van der Waals surface area contributed by atoms with Gasteiger partial charge < -0.3 is 10.6 Å². The Balaban J connectivity index is 2.68. The lowest BCUT2D eigenvalue weighted by Crippen LogP contribution is -2.60. The van der Waals surface area contributed by atoms with Gasteiger partial charge >= 0.3 is 0 Å². The van der Waals surface area contributed by atoms with Crippen LogP contribution in [-0.4, -0.2) is 67.1 Å². The predicted molar refractivity (Wildman–Crippen MR) is 87.9 cm³/mol. The summed E-state index contributed by atoms with van der Waals surface area (Å²) in [5, 5.41) is 0. The van der Waals surface area contributed by atoms with E-state index >= 15 is 0 Å². The maximum Gasteiger partial charge on any atom is 0.0427 e. The van der Waals surface area contributed by atoms with E-state index in [0.29, 0.717) is 5.41 Å². The van der Waals surface area contributed by atoms with Crippen LogP contribution in [0.15, 0.2) is 0 Å². The zero-order chi connectivity index (χ0) is 14.5. The average molecular weight is 288 g/mol. The minimum Gasteiger partial charge on any atom is -0.329 e. The highest BCUT2D eigenvalue weighted by molar-refractivity contribution is 7.99. The number of likely N-dealkylation sites (N-methyl/N-ethyl adjacent to an activating group) is 1. The molecule has 1 rings (SSSR count).